The summed E-state index contributed by atoms with van der Waals surface area (Å²) in [4.78, 5) is 30.6. The summed E-state index contributed by atoms with van der Waals surface area (Å²) in [5.74, 6) is 0.699. The number of nitrogens with zero attached hydrogens (tertiary/aromatic N) is 4. The van der Waals surface area contributed by atoms with Gasteiger partial charge in [-0.15, -0.1) is 0 Å². The maximum Gasteiger partial charge on any atom is 0.227 e. The van der Waals surface area contributed by atoms with E-state index in [1.807, 2.05) is 17.7 Å². The number of hydrogen-bond donors (Lipinski definition) is 1. The molecule has 160 valence electrons. The third-order valence-electron chi connectivity index (χ3n) is 5.29. The van der Waals surface area contributed by atoms with E-state index in [0.29, 0.717) is 37.4 Å². The van der Waals surface area contributed by atoms with Crippen LogP contribution >= 0.6 is 0 Å². The number of nitrogens with one attached hydrogen (secondary N) is 1. The normalized spacial score (nSPS) is 13.1. The number of fused-ring (bicyclic) bond motifs is 1. The van der Waals surface area contributed by atoms with E-state index in [4.69, 9.17) is 5.10 Å². The van der Waals surface area contributed by atoms with Crippen molar-refractivity contribution in [2.24, 2.45) is 0 Å². The molecular formula is C23H24FN5O2. The topological polar surface area (TPSA) is 80.1 Å². The lowest BCUT2D eigenvalue weighted by Crippen LogP contribution is -2.37. The predicted molar refractivity (Wildman–Crippen MR) is 117 cm³/mol. The Kier molecular flexibility index (Phi) is 5.79. The molecule has 4 rings (SSSR count). The molecule has 3 heterocycles. The van der Waals surface area contributed by atoms with Crippen molar-refractivity contribution in [1.29, 1.82) is 0 Å². The van der Waals surface area contributed by atoms with Crippen LogP contribution in [0.1, 0.15) is 33.1 Å². The fourth-order valence-corrected chi connectivity index (χ4v) is 3.76. The number of pyridine rings is 1. The summed E-state index contributed by atoms with van der Waals surface area (Å²) < 4.78 is 15.4. The van der Waals surface area contributed by atoms with E-state index in [1.165, 1.54) is 12.1 Å². The second-order valence-electron chi connectivity index (χ2n) is 7.36. The summed E-state index contributed by atoms with van der Waals surface area (Å²) in [5.41, 5.74) is 2.95. The van der Waals surface area contributed by atoms with Gasteiger partial charge in [-0.3, -0.25) is 14.5 Å². The largest absolute Gasteiger partial charge is 0.311 e. The molecule has 0 saturated heterocycles. The minimum absolute atomic E-state index is 0.0151. The number of halogens is 1. The van der Waals surface area contributed by atoms with Crippen LogP contribution in [-0.4, -0.2) is 33.1 Å². The zero-order valence-electron chi connectivity index (χ0n) is 17.6. The molecule has 8 heteroatoms. The maximum absolute atomic E-state index is 13.5. The predicted octanol–water partition coefficient (Wildman–Crippen LogP) is 4.25. The summed E-state index contributed by atoms with van der Waals surface area (Å²) in [6, 6.07) is 9.76. The fraction of sp³-hybridized carbons (Fsp3) is 0.304. The molecule has 0 saturated carbocycles. The van der Waals surface area contributed by atoms with Gasteiger partial charge in [0, 0.05) is 37.7 Å². The van der Waals surface area contributed by atoms with Crippen LogP contribution in [0.2, 0.25) is 0 Å². The molecule has 0 atom stereocenters. The second-order valence-corrected chi connectivity index (χ2v) is 7.36. The lowest BCUT2D eigenvalue weighted by molar-refractivity contribution is -0.118. The van der Waals surface area contributed by atoms with Gasteiger partial charge < -0.3 is 5.32 Å². The fourth-order valence-electron chi connectivity index (χ4n) is 3.76. The molecule has 0 radical (unpaired) electrons. The van der Waals surface area contributed by atoms with Crippen LogP contribution in [0, 0.1) is 5.82 Å². The Morgan fingerprint density at radius 1 is 1.06 bits per heavy atom. The number of amides is 2. The van der Waals surface area contributed by atoms with Crippen LogP contribution in [0.5, 0.6) is 0 Å². The quantitative estimate of drug-likeness (QED) is 0.668. The molecule has 1 N–H and O–H groups in total. The molecule has 2 amide bonds. The van der Waals surface area contributed by atoms with Gasteiger partial charge in [-0.1, -0.05) is 13.8 Å². The average molecular weight is 421 g/mol. The monoisotopic (exact) mass is 421 g/mol. The van der Waals surface area contributed by atoms with E-state index in [0.717, 1.165) is 28.9 Å². The number of carbonyl (C=O) groups excluding carboxylic acids is 2. The molecule has 1 aliphatic heterocycles. The van der Waals surface area contributed by atoms with E-state index in [2.05, 4.69) is 10.3 Å². The maximum atomic E-state index is 13.5. The summed E-state index contributed by atoms with van der Waals surface area (Å²) in [5, 5.41) is 7.57. The zero-order valence-corrected chi connectivity index (χ0v) is 17.6. The summed E-state index contributed by atoms with van der Waals surface area (Å²) in [7, 11) is 0. The van der Waals surface area contributed by atoms with Crippen LogP contribution in [0.15, 0.2) is 42.6 Å². The number of anilines is 2. The number of hydrogen-bond acceptors (Lipinski definition) is 4. The highest BCUT2D eigenvalue weighted by molar-refractivity contribution is 6.00. The molecule has 0 bridgehead atoms. The van der Waals surface area contributed by atoms with E-state index < -0.39 is 0 Å². The van der Waals surface area contributed by atoms with Crippen molar-refractivity contribution < 1.29 is 14.0 Å². The zero-order chi connectivity index (χ0) is 22.0. The first kappa shape index (κ1) is 20.7. The van der Waals surface area contributed by atoms with E-state index in [-0.39, 0.29) is 17.6 Å². The van der Waals surface area contributed by atoms with Crippen LogP contribution in [-0.2, 0) is 16.1 Å². The van der Waals surface area contributed by atoms with Gasteiger partial charge in [-0.2, -0.15) is 5.10 Å². The molecule has 0 unspecified atom stereocenters. The van der Waals surface area contributed by atoms with E-state index >= 15 is 0 Å². The first-order chi connectivity index (χ1) is 15.0. The Hall–Kier alpha value is -3.55. The van der Waals surface area contributed by atoms with Gasteiger partial charge in [0.1, 0.15) is 23.1 Å². The third kappa shape index (κ3) is 4.05. The van der Waals surface area contributed by atoms with Crippen molar-refractivity contribution in [2.45, 2.75) is 39.7 Å². The van der Waals surface area contributed by atoms with Gasteiger partial charge in [0.15, 0.2) is 0 Å². The van der Waals surface area contributed by atoms with E-state index in [9.17, 15) is 14.0 Å². The number of carbonyl (C=O) groups is 2. The molecule has 2 aromatic heterocycles. The summed E-state index contributed by atoms with van der Waals surface area (Å²) >= 11 is 0. The van der Waals surface area contributed by atoms with Crippen LogP contribution in [0.4, 0.5) is 16.0 Å². The van der Waals surface area contributed by atoms with Crippen LogP contribution in [0.3, 0.4) is 0 Å². The highest BCUT2D eigenvalue weighted by Gasteiger charge is 2.30. The van der Waals surface area contributed by atoms with Gasteiger partial charge in [-0.25, -0.2) is 14.1 Å². The molecule has 7 nitrogen and oxygen atoms in total. The minimum Gasteiger partial charge on any atom is -0.311 e. The van der Waals surface area contributed by atoms with Crippen molar-refractivity contribution in [2.75, 3.05) is 16.8 Å². The number of benzene rings is 1. The molecule has 0 spiro atoms. The first-order valence-electron chi connectivity index (χ1n) is 10.4. The molecule has 3 aromatic rings. The molecule has 1 aliphatic rings. The smallest absolute Gasteiger partial charge is 0.227 e. The highest BCUT2D eigenvalue weighted by atomic mass is 19.1. The lowest BCUT2D eigenvalue weighted by atomic mass is 10.0. The molecule has 31 heavy (non-hydrogen) atoms. The van der Waals surface area contributed by atoms with Gasteiger partial charge in [0.25, 0.3) is 0 Å². The number of aromatic nitrogens is 3. The summed E-state index contributed by atoms with van der Waals surface area (Å²) in [6.45, 7) is 4.90. The van der Waals surface area contributed by atoms with Crippen LogP contribution in [0.25, 0.3) is 22.4 Å². The van der Waals surface area contributed by atoms with Crippen LogP contribution < -0.4 is 10.2 Å². The Bertz CT molecular complexity index is 1120. The summed E-state index contributed by atoms with van der Waals surface area (Å²) in [6.07, 6.45) is 3.14. The SMILES string of the molecule is CCC(=O)Nc1cc(-c2c(-c3ccc(F)cc3)nn3c2N(C(=O)CC)CCC3)ccn1. The molecular weight excluding hydrogens is 397 g/mol. The van der Waals surface area contributed by atoms with E-state index in [1.54, 1.807) is 36.2 Å². The Morgan fingerprint density at radius 3 is 2.55 bits per heavy atom. The average Bonchev–Trinajstić information content (AvgIpc) is 3.18. The standard InChI is InChI=1S/C23H24FN5O2/c1-3-19(30)26-18-14-16(10-11-25-18)21-22(15-6-8-17(24)9-7-15)27-29-13-5-12-28(23(21)29)20(31)4-2/h6-11,14H,3-5,12-13H2,1-2H3,(H,25,26,30). The van der Waals surface area contributed by atoms with Crippen molar-refractivity contribution >= 4 is 23.5 Å². The lowest BCUT2D eigenvalue weighted by Gasteiger charge is -2.28. The number of aryl methyl sites for hydroxylation is 1. The highest BCUT2D eigenvalue weighted by Crippen LogP contribution is 2.41. The molecule has 0 fully saturated rings. The van der Waals surface area contributed by atoms with Crippen molar-refractivity contribution in [3.05, 3.63) is 48.4 Å². The first-order valence-corrected chi connectivity index (χ1v) is 10.4. The van der Waals surface area contributed by atoms with Gasteiger partial charge in [0.05, 0.1) is 5.56 Å². The van der Waals surface area contributed by atoms with Crippen molar-refractivity contribution in [3.63, 3.8) is 0 Å². The third-order valence-corrected chi connectivity index (χ3v) is 5.29. The Labute approximate surface area is 179 Å². The van der Waals surface area contributed by atoms with Gasteiger partial charge in [-0.05, 0) is 48.4 Å². The van der Waals surface area contributed by atoms with Gasteiger partial charge >= 0.3 is 0 Å². The Balaban J connectivity index is 1.92. The minimum atomic E-state index is -0.328. The molecule has 0 aliphatic carbocycles. The van der Waals surface area contributed by atoms with Gasteiger partial charge in [0.2, 0.25) is 11.8 Å². The molecule has 1 aromatic carbocycles. The number of rotatable bonds is 5. The Morgan fingerprint density at radius 2 is 1.84 bits per heavy atom. The van der Waals surface area contributed by atoms with Crippen molar-refractivity contribution in [1.82, 2.24) is 14.8 Å². The second kappa shape index (κ2) is 8.67. The van der Waals surface area contributed by atoms with Crippen molar-refractivity contribution in [3.8, 4) is 22.4 Å².